The number of hydrogen-bond acceptors (Lipinski definition) is 4. The molecule has 0 saturated carbocycles. The van der Waals surface area contributed by atoms with Crippen LogP contribution in [0, 0.1) is 10.1 Å². The highest BCUT2D eigenvalue weighted by molar-refractivity contribution is 9.10. The van der Waals surface area contributed by atoms with Gasteiger partial charge in [-0.1, -0.05) is 28.1 Å². The summed E-state index contributed by atoms with van der Waals surface area (Å²) >= 11 is 3.48. The molecule has 1 spiro atoms. The van der Waals surface area contributed by atoms with Gasteiger partial charge in [-0.05, 0) is 48.6 Å². The predicted molar refractivity (Wildman–Crippen MR) is 81.4 cm³/mol. The molecule has 1 heterocycles. The van der Waals surface area contributed by atoms with E-state index in [1.165, 1.54) is 5.56 Å². The van der Waals surface area contributed by atoms with Gasteiger partial charge in [-0.3, -0.25) is 0 Å². The summed E-state index contributed by atoms with van der Waals surface area (Å²) < 4.78 is 6.44. The Morgan fingerprint density at radius 3 is 2.81 bits per heavy atom. The third-order valence-corrected chi connectivity index (χ3v) is 4.82. The predicted octanol–water partition coefficient (Wildman–Crippen LogP) is 3.49. The van der Waals surface area contributed by atoms with E-state index in [9.17, 15) is 10.1 Å². The Labute approximate surface area is 131 Å². The van der Waals surface area contributed by atoms with E-state index in [2.05, 4.69) is 28.1 Å². The SMILES string of the molecule is CC(O[N+](=O)[O-])C1=CC2(CCOCC2)c2ccc(Br)cc21. The molecule has 5 nitrogen and oxygen atoms in total. The van der Waals surface area contributed by atoms with Crippen LogP contribution < -0.4 is 0 Å². The van der Waals surface area contributed by atoms with Gasteiger partial charge >= 0.3 is 0 Å². The lowest BCUT2D eigenvalue weighted by Gasteiger charge is -2.33. The monoisotopic (exact) mass is 353 g/mol. The molecule has 1 atom stereocenters. The van der Waals surface area contributed by atoms with Gasteiger partial charge in [-0.15, -0.1) is 10.1 Å². The minimum atomic E-state index is -0.724. The lowest BCUT2D eigenvalue weighted by Crippen LogP contribution is -2.30. The van der Waals surface area contributed by atoms with Crippen molar-refractivity contribution < 1.29 is 14.7 Å². The second kappa shape index (κ2) is 5.42. The molecule has 1 aromatic carbocycles. The Hall–Kier alpha value is -1.40. The molecule has 112 valence electrons. The van der Waals surface area contributed by atoms with Crippen molar-refractivity contribution >= 4 is 21.5 Å². The van der Waals surface area contributed by atoms with Crippen LogP contribution in [-0.2, 0) is 15.0 Å². The number of allylic oxidation sites excluding steroid dienone is 1. The summed E-state index contributed by atoms with van der Waals surface area (Å²) in [5.41, 5.74) is 3.09. The van der Waals surface area contributed by atoms with Crippen LogP contribution in [0.1, 0.15) is 30.9 Å². The molecule has 0 amide bonds. The molecule has 1 fully saturated rings. The van der Waals surface area contributed by atoms with Gasteiger partial charge in [-0.25, -0.2) is 0 Å². The van der Waals surface area contributed by atoms with Gasteiger partial charge < -0.3 is 9.57 Å². The Bertz CT molecular complexity index is 608. The van der Waals surface area contributed by atoms with Crippen LogP contribution in [0.4, 0.5) is 0 Å². The Morgan fingerprint density at radius 2 is 2.14 bits per heavy atom. The molecule has 1 aliphatic heterocycles. The van der Waals surface area contributed by atoms with Crippen LogP contribution in [0.2, 0.25) is 0 Å². The van der Waals surface area contributed by atoms with Gasteiger partial charge in [0.2, 0.25) is 0 Å². The first-order valence-corrected chi connectivity index (χ1v) is 7.73. The topological polar surface area (TPSA) is 61.6 Å². The lowest BCUT2D eigenvalue weighted by atomic mass is 9.76. The van der Waals surface area contributed by atoms with Crippen LogP contribution in [0.3, 0.4) is 0 Å². The minimum Gasteiger partial charge on any atom is -0.381 e. The van der Waals surface area contributed by atoms with E-state index < -0.39 is 11.2 Å². The molecule has 0 radical (unpaired) electrons. The van der Waals surface area contributed by atoms with Crippen molar-refractivity contribution in [2.45, 2.75) is 31.3 Å². The number of fused-ring (bicyclic) bond motifs is 2. The lowest BCUT2D eigenvalue weighted by molar-refractivity contribution is -0.763. The fourth-order valence-electron chi connectivity index (χ4n) is 3.31. The molecule has 0 N–H and O–H groups in total. The zero-order chi connectivity index (χ0) is 15.0. The van der Waals surface area contributed by atoms with E-state index in [0.717, 1.165) is 28.5 Å². The molecule has 0 bridgehead atoms. The number of benzene rings is 1. The number of rotatable bonds is 3. The largest absolute Gasteiger partial charge is 0.381 e. The van der Waals surface area contributed by atoms with E-state index in [-0.39, 0.29) is 5.41 Å². The number of ether oxygens (including phenoxy) is 1. The van der Waals surface area contributed by atoms with Crippen molar-refractivity contribution in [2.24, 2.45) is 0 Å². The molecular formula is C15H16BrNO4. The zero-order valence-corrected chi connectivity index (χ0v) is 13.3. The van der Waals surface area contributed by atoms with Gasteiger partial charge in [0, 0.05) is 23.1 Å². The van der Waals surface area contributed by atoms with Gasteiger partial charge in [0.05, 0.1) is 0 Å². The first-order valence-electron chi connectivity index (χ1n) is 6.94. The molecule has 1 unspecified atom stereocenters. The van der Waals surface area contributed by atoms with Crippen molar-refractivity contribution in [2.75, 3.05) is 13.2 Å². The minimum absolute atomic E-state index is 0.0716. The summed E-state index contributed by atoms with van der Waals surface area (Å²) in [6.45, 7) is 3.14. The van der Waals surface area contributed by atoms with Gasteiger partial charge in [0.25, 0.3) is 5.09 Å². The molecule has 0 aromatic heterocycles. The number of nitrogens with zero attached hydrogens (tertiary/aromatic N) is 1. The summed E-state index contributed by atoms with van der Waals surface area (Å²) in [5, 5.41) is 9.92. The highest BCUT2D eigenvalue weighted by Gasteiger charge is 2.41. The summed E-state index contributed by atoms with van der Waals surface area (Å²) in [4.78, 5) is 15.4. The van der Waals surface area contributed by atoms with Crippen LogP contribution in [-0.4, -0.2) is 24.4 Å². The van der Waals surface area contributed by atoms with Crippen molar-refractivity contribution in [3.05, 3.63) is 50.0 Å². The maximum absolute atomic E-state index is 10.6. The Kier molecular flexibility index (Phi) is 3.75. The first-order chi connectivity index (χ1) is 10.0. The summed E-state index contributed by atoms with van der Waals surface area (Å²) in [5.74, 6) is 0. The average Bonchev–Trinajstić information content (AvgIpc) is 2.73. The molecule has 2 aliphatic rings. The summed E-state index contributed by atoms with van der Waals surface area (Å²) in [7, 11) is 0. The van der Waals surface area contributed by atoms with Gasteiger partial charge in [0.15, 0.2) is 0 Å². The van der Waals surface area contributed by atoms with Crippen molar-refractivity contribution in [1.29, 1.82) is 0 Å². The Balaban J connectivity index is 2.05. The summed E-state index contributed by atoms with van der Waals surface area (Å²) in [6, 6.07) is 6.14. The van der Waals surface area contributed by atoms with E-state index in [0.29, 0.717) is 13.2 Å². The highest BCUT2D eigenvalue weighted by Crippen LogP contribution is 2.48. The van der Waals surface area contributed by atoms with Crippen LogP contribution in [0.15, 0.2) is 28.7 Å². The van der Waals surface area contributed by atoms with E-state index in [1.54, 1.807) is 6.92 Å². The maximum atomic E-state index is 10.6. The molecule has 6 heteroatoms. The third kappa shape index (κ3) is 2.58. The average molecular weight is 354 g/mol. The Morgan fingerprint density at radius 1 is 1.43 bits per heavy atom. The third-order valence-electron chi connectivity index (χ3n) is 4.33. The molecule has 1 aromatic rings. The molecule has 3 rings (SSSR count). The second-order valence-electron chi connectivity index (χ2n) is 5.53. The molecule has 1 aliphatic carbocycles. The fraction of sp³-hybridized carbons (Fsp3) is 0.467. The zero-order valence-electron chi connectivity index (χ0n) is 11.7. The maximum Gasteiger partial charge on any atom is 0.295 e. The van der Waals surface area contributed by atoms with E-state index in [4.69, 9.17) is 9.57 Å². The van der Waals surface area contributed by atoms with Crippen LogP contribution in [0.5, 0.6) is 0 Å². The van der Waals surface area contributed by atoms with Crippen LogP contribution in [0.25, 0.3) is 5.57 Å². The van der Waals surface area contributed by atoms with Crippen LogP contribution >= 0.6 is 15.9 Å². The van der Waals surface area contributed by atoms with E-state index in [1.807, 2.05) is 12.1 Å². The van der Waals surface area contributed by atoms with Gasteiger partial charge in [0.1, 0.15) is 6.10 Å². The van der Waals surface area contributed by atoms with Gasteiger partial charge in [-0.2, -0.15) is 0 Å². The highest BCUT2D eigenvalue weighted by atomic mass is 79.9. The number of halogens is 1. The second-order valence-corrected chi connectivity index (χ2v) is 6.45. The quantitative estimate of drug-likeness (QED) is 0.616. The van der Waals surface area contributed by atoms with Crippen molar-refractivity contribution in [3.63, 3.8) is 0 Å². The molecule has 1 saturated heterocycles. The normalized spacial score (nSPS) is 20.8. The molecule has 21 heavy (non-hydrogen) atoms. The fourth-order valence-corrected chi connectivity index (χ4v) is 3.68. The van der Waals surface area contributed by atoms with Crippen molar-refractivity contribution in [1.82, 2.24) is 0 Å². The van der Waals surface area contributed by atoms with Crippen molar-refractivity contribution in [3.8, 4) is 0 Å². The smallest absolute Gasteiger partial charge is 0.295 e. The molecular weight excluding hydrogens is 338 g/mol. The summed E-state index contributed by atoms with van der Waals surface area (Å²) in [6.07, 6.45) is 3.38. The number of hydrogen-bond donors (Lipinski definition) is 0. The van der Waals surface area contributed by atoms with E-state index >= 15 is 0 Å². The first kappa shape index (κ1) is 14.5. The standard InChI is InChI=1S/C15H16BrNO4/c1-10(21-17(18)19)13-9-15(4-6-20-7-5-15)14-3-2-11(16)8-12(13)14/h2-3,8-10H,4-7H2,1H3.